The summed E-state index contributed by atoms with van der Waals surface area (Å²) in [5.74, 6) is 0.179. The third-order valence-corrected chi connectivity index (χ3v) is 5.54. The maximum atomic E-state index is 13.0. The molecule has 110 valence electrons. The van der Waals surface area contributed by atoms with Crippen molar-refractivity contribution in [1.82, 2.24) is 4.90 Å². The number of carbonyl (C=O) groups is 1. The molecule has 3 saturated carbocycles. The summed E-state index contributed by atoms with van der Waals surface area (Å²) in [6.45, 7) is 0. The van der Waals surface area contributed by atoms with E-state index in [-0.39, 0.29) is 5.91 Å². The van der Waals surface area contributed by atoms with Crippen molar-refractivity contribution in [2.75, 3.05) is 0 Å². The van der Waals surface area contributed by atoms with Crippen LogP contribution in [0.25, 0.3) is 0 Å². The number of carbonyl (C=O) groups excluding carboxylic acids is 1. The summed E-state index contributed by atoms with van der Waals surface area (Å²) in [5, 5.41) is 9.38. The van der Waals surface area contributed by atoms with Gasteiger partial charge in [-0.3, -0.25) is 4.79 Å². The standard InChI is InChI=1S/C17H26N2O/c18-13-17(11-12-17)16(20)19(14-7-3-1-4-8-14)15-9-5-2-6-10-15/h14-15H,1-12H2. The lowest BCUT2D eigenvalue weighted by atomic mass is 9.87. The minimum atomic E-state index is -0.630. The summed E-state index contributed by atoms with van der Waals surface area (Å²) in [4.78, 5) is 15.2. The zero-order valence-electron chi connectivity index (χ0n) is 12.4. The summed E-state index contributed by atoms with van der Waals surface area (Å²) in [5.41, 5.74) is -0.630. The van der Waals surface area contributed by atoms with Crippen LogP contribution in [0.4, 0.5) is 0 Å². The van der Waals surface area contributed by atoms with Crippen LogP contribution in [-0.4, -0.2) is 22.9 Å². The molecular weight excluding hydrogens is 248 g/mol. The maximum absolute atomic E-state index is 13.0. The Kier molecular flexibility index (Phi) is 4.01. The van der Waals surface area contributed by atoms with Crippen LogP contribution in [0.3, 0.4) is 0 Å². The third kappa shape index (κ3) is 2.57. The topological polar surface area (TPSA) is 44.1 Å². The predicted octanol–water partition coefficient (Wildman–Crippen LogP) is 3.78. The molecule has 3 aliphatic rings. The minimum Gasteiger partial charge on any atom is -0.335 e. The van der Waals surface area contributed by atoms with E-state index in [1.54, 1.807) is 0 Å². The second kappa shape index (κ2) is 5.76. The zero-order valence-corrected chi connectivity index (χ0v) is 12.4. The first-order valence-electron chi connectivity index (χ1n) is 8.51. The van der Waals surface area contributed by atoms with E-state index in [1.165, 1.54) is 38.5 Å². The molecule has 0 saturated heterocycles. The van der Waals surface area contributed by atoms with Gasteiger partial charge in [0, 0.05) is 12.1 Å². The third-order valence-electron chi connectivity index (χ3n) is 5.54. The average Bonchev–Trinajstić information content (AvgIpc) is 3.31. The number of hydrogen-bond donors (Lipinski definition) is 0. The molecule has 0 radical (unpaired) electrons. The molecule has 3 aliphatic carbocycles. The molecule has 0 heterocycles. The predicted molar refractivity (Wildman–Crippen MR) is 77.9 cm³/mol. The lowest BCUT2D eigenvalue weighted by Gasteiger charge is -2.42. The van der Waals surface area contributed by atoms with Crippen LogP contribution >= 0.6 is 0 Å². The smallest absolute Gasteiger partial charge is 0.243 e. The monoisotopic (exact) mass is 274 g/mol. The Morgan fingerprint density at radius 2 is 1.35 bits per heavy atom. The van der Waals surface area contributed by atoms with E-state index < -0.39 is 5.41 Å². The zero-order chi connectivity index (χ0) is 14.0. The van der Waals surface area contributed by atoms with Crippen molar-refractivity contribution < 1.29 is 4.79 Å². The van der Waals surface area contributed by atoms with Gasteiger partial charge in [0.2, 0.25) is 5.91 Å². The average molecular weight is 274 g/mol. The van der Waals surface area contributed by atoms with Crippen LogP contribution < -0.4 is 0 Å². The molecule has 0 bridgehead atoms. The van der Waals surface area contributed by atoms with Crippen LogP contribution in [0.2, 0.25) is 0 Å². The Balaban J connectivity index is 1.78. The maximum Gasteiger partial charge on any atom is 0.243 e. The highest BCUT2D eigenvalue weighted by atomic mass is 16.2. The van der Waals surface area contributed by atoms with Crippen LogP contribution in [0, 0.1) is 16.7 Å². The summed E-state index contributed by atoms with van der Waals surface area (Å²) < 4.78 is 0. The van der Waals surface area contributed by atoms with Crippen LogP contribution in [0.1, 0.15) is 77.0 Å². The lowest BCUT2D eigenvalue weighted by molar-refractivity contribution is -0.142. The summed E-state index contributed by atoms with van der Waals surface area (Å²) >= 11 is 0. The molecule has 0 aromatic rings. The van der Waals surface area contributed by atoms with Crippen molar-refractivity contribution >= 4 is 5.91 Å². The Bertz CT molecular complexity index is 378. The molecular formula is C17H26N2O. The number of nitriles is 1. The van der Waals surface area contributed by atoms with Gasteiger partial charge in [-0.2, -0.15) is 5.26 Å². The highest BCUT2D eigenvalue weighted by molar-refractivity contribution is 5.88. The van der Waals surface area contributed by atoms with E-state index in [4.69, 9.17) is 0 Å². The van der Waals surface area contributed by atoms with E-state index in [2.05, 4.69) is 11.0 Å². The van der Waals surface area contributed by atoms with E-state index >= 15 is 0 Å². The first-order chi connectivity index (χ1) is 9.77. The van der Waals surface area contributed by atoms with E-state index in [0.717, 1.165) is 38.5 Å². The van der Waals surface area contributed by atoms with Gasteiger partial charge in [0.1, 0.15) is 5.41 Å². The van der Waals surface area contributed by atoms with Gasteiger partial charge in [0.05, 0.1) is 6.07 Å². The summed E-state index contributed by atoms with van der Waals surface area (Å²) in [6, 6.07) is 3.16. The Hall–Kier alpha value is -1.04. The summed E-state index contributed by atoms with van der Waals surface area (Å²) in [7, 11) is 0. The fourth-order valence-corrected chi connectivity index (χ4v) is 4.09. The van der Waals surface area contributed by atoms with Crippen LogP contribution in [0.15, 0.2) is 0 Å². The first kappa shape index (κ1) is 13.9. The number of nitrogens with zero attached hydrogens (tertiary/aromatic N) is 2. The molecule has 0 aromatic heterocycles. The number of rotatable bonds is 3. The summed E-state index contributed by atoms with van der Waals surface area (Å²) in [6.07, 6.45) is 13.8. The van der Waals surface area contributed by atoms with E-state index in [1.807, 2.05) is 0 Å². The van der Waals surface area contributed by atoms with Crippen molar-refractivity contribution in [3.63, 3.8) is 0 Å². The molecule has 3 fully saturated rings. The molecule has 0 aliphatic heterocycles. The van der Waals surface area contributed by atoms with Crippen LogP contribution in [-0.2, 0) is 4.79 Å². The van der Waals surface area contributed by atoms with Gasteiger partial charge in [0.15, 0.2) is 0 Å². The van der Waals surface area contributed by atoms with Gasteiger partial charge in [-0.15, -0.1) is 0 Å². The minimum absolute atomic E-state index is 0.179. The van der Waals surface area contributed by atoms with Gasteiger partial charge in [0.25, 0.3) is 0 Å². The van der Waals surface area contributed by atoms with Crippen molar-refractivity contribution in [3.8, 4) is 6.07 Å². The molecule has 3 nitrogen and oxygen atoms in total. The fraction of sp³-hybridized carbons (Fsp3) is 0.882. The van der Waals surface area contributed by atoms with Crippen molar-refractivity contribution in [2.24, 2.45) is 5.41 Å². The molecule has 0 N–H and O–H groups in total. The Morgan fingerprint density at radius 3 is 1.70 bits per heavy atom. The second-order valence-corrected chi connectivity index (χ2v) is 6.99. The van der Waals surface area contributed by atoms with Crippen molar-refractivity contribution in [2.45, 2.75) is 89.1 Å². The number of amides is 1. The molecule has 1 amide bonds. The molecule has 0 unspecified atom stereocenters. The largest absolute Gasteiger partial charge is 0.335 e. The fourth-order valence-electron chi connectivity index (χ4n) is 4.09. The number of hydrogen-bond acceptors (Lipinski definition) is 2. The highest BCUT2D eigenvalue weighted by Gasteiger charge is 2.54. The van der Waals surface area contributed by atoms with Crippen LogP contribution in [0.5, 0.6) is 0 Å². The Labute approximate surface area is 122 Å². The molecule has 0 atom stereocenters. The highest BCUT2D eigenvalue weighted by Crippen LogP contribution is 2.48. The van der Waals surface area contributed by atoms with E-state index in [9.17, 15) is 10.1 Å². The molecule has 3 heteroatoms. The lowest BCUT2D eigenvalue weighted by Crippen LogP contribution is -2.51. The SMILES string of the molecule is N#CC1(C(=O)N(C2CCCCC2)C2CCCCC2)CC1. The second-order valence-electron chi connectivity index (χ2n) is 6.99. The van der Waals surface area contributed by atoms with E-state index in [0.29, 0.717) is 12.1 Å². The molecule has 0 spiro atoms. The van der Waals surface area contributed by atoms with Gasteiger partial charge in [-0.05, 0) is 38.5 Å². The molecule has 0 aromatic carbocycles. The van der Waals surface area contributed by atoms with Gasteiger partial charge < -0.3 is 4.90 Å². The molecule has 3 rings (SSSR count). The van der Waals surface area contributed by atoms with Crippen molar-refractivity contribution in [3.05, 3.63) is 0 Å². The quantitative estimate of drug-likeness (QED) is 0.786. The normalized spacial score (nSPS) is 26.8. The van der Waals surface area contributed by atoms with Crippen molar-refractivity contribution in [1.29, 1.82) is 5.26 Å². The van der Waals surface area contributed by atoms with Gasteiger partial charge in [-0.1, -0.05) is 38.5 Å². The Morgan fingerprint density at radius 1 is 0.900 bits per heavy atom. The van der Waals surface area contributed by atoms with Gasteiger partial charge >= 0.3 is 0 Å². The van der Waals surface area contributed by atoms with Gasteiger partial charge in [-0.25, -0.2) is 0 Å². The molecule has 20 heavy (non-hydrogen) atoms. The first-order valence-corrected chi connectivity index (χ1v) is 8.51.